The standard InChI is InChI=1S/C16H14FO3S/c1-2-9-19-12-5-3-11(4-6-12)16(18)20-13-7-8-15(21)14(17)10-13/h3-8,10H,2,9H2,1H3. The predicted octanol–water partition coefficient (Wildman–Crippen LogP) is 4.39. The third-order valence-corrected chi connectivity index (χ3v) is 3.01. The summed E-state index contributed by atoms with van der Waals surface area (Å²) in [6.07, 6.45) is 0.911. The Labute approximate surface area is 128 Å². The van der Waals surface area contributed by atoms with Crippen LogP contribution in [0.2, 0.25) is 0 Å². The van der Waals surface area contributed by atoms with Crippen molar-refractivity contribution in [3.63, 3.8) is 0 Å². The Balaban J connectivity index is 2.04. The first-order chi connectivity index (χ1) is 10.1. The Kier molecular flexibility index (Phi) is 5.11. The fourth-order valence-corrected chi connectivity index (χ4v) is 1.75. The van der Waals surface area contributed by atoms with E-state index in [0.717, 1.165) is 12.5 Å². The highest BCUT2D eigenvalue weighted by atomic mass is 32.1. The molecular weight excluding hydrogens is 291 g/mol. The van der Waals surface area contributed by atoms with E-state index < -0.39 is 11.8 Å². The van der Waals surface area contributed by atoms with Gasteiger partial charge in [-0.25, -0.2) is 9.18 Å². The van der Waals surface area contributed by atoms with Crippen molar-refractivity contribution in [1.82, 2.24) is 0 Å². The average Bonchev–Trinajstić information content (AvgIpc) is 2.49. The first-order valence-corrected chi connectivity index (χ1v) is 6.92. The molecule has 2 rings (SSSR count). The van der Waals surface area contributed by atoms with Crippen LogP contribution in [0.15, 0.2) is 47.4 Å². The van der Waals surface area contributed by atoms with Crippen LogP contribution in [0, 0.1) is 5.82 Å². The maximum Gasteiger partial charge on any atom is 0.343 e. The number of hydrogen-bond donors (Lipinski definition) is 0. The lowest BCUT2D eigenvalue weighted by molar-refractivity contribution is 0.0734. The molecule has 0 fully saturated rings. The monoisotopic (exact) mass is 305 g/mol. The van der Waals surface area contributed by atoms with Crippen molar-refractivity contribution < 1.29 is 18.7 Å². The second kappa shape index (κ2) is 7.04. The van der Waals surface area contributed by atoms with Crippen molar-refractivity contribution in [2.75, 3.05) is 6.61 Å². The summed E-state index contributed by atoms with van der Waals surface area (Å²) < 4.78 is 23.8. The van der Waals surface area contributed by atoms with Gasteiger partial charge in [0, 0.05) is 6.07 Å². The lowest BCUT2D eigenvalue weighted by Crippen LogP contribution is -2.08. The molecule has 0 saturated carbocycles. The van der Waals surface area contributed by atoms with E-state index in [2.05, 4.69) is 0 Å². The van der Waals surface area contributed by atoms with Crippen LogP contribution in [0.4, 0.5) is 4.39 Å². The fraction of sp³-hybridized carbons (Fsp3) is 0.188. The molecule has 0 amide bonds. The topological polar surface area (TPSA) is 35.5 Å². The second-order valence-corrected chi connectivity index (χ2v) is 4.79. The van der Waals surface area contributed by atoms with E-state index in [-0.39, 0.29) is 10.6 Å². The van der Waals surface area contributed by atoms with E-state index in [9.17, 15) is 9.18 Å². The SMILES string of the molecule is CCCOc1ccc(C(=O)Oc2ccc([S])c(F)c2)cc1. The van der Waals surface area contributed by atoms with Crippen LogP contribution in [0.3, 0.4) is 0 Å². The Hall–Kier alpha value is -2.14. The van der Waals surface area contributed by atoms with Gasteiger partial charge in [0.2, 0.25) is 0 Å². The summed E-state index contributed by atoms with van der Waals surface area (Å²) >= 11 is 4.74. The van der Waals surface area contributed by atoms with E-state index in [4.69, 9.17) is 22.1 Å². The molecule has 2 aromatic carbocycles. The van der Waals surface area contributed by atoms with Crippen LogP contribution in [-0.2, 0) is 0 Å². The Morgan fingerprint density at radius 1 is 1.14 bits per heavy atom. The first-order valence-electron chi connectivity index (χ1n) is 6.51. The van der Waals surface area contributed by atoms with Crippen LogP contribution in [-0.4, -0.2) is 12.6 Å². The highest BCUT2D eigenvalue weighted by Gasteiger charge is 2.10. The summed E-state index contributed by atoms with van der Waals surface area (Å²) in [5.41, 5.74) is 0.363. The van der Waals surface area contributed by atoms with Crippen LogP contribution in [0.25, 0.3) is 0 Å². The summed E-state index contributed by atoms with van der Waals surface area (Å²) in [4.78, 5) is 12.0. The Morgan fingerprint density at radius 2 is 1.81 bits per heavy atom. The predicted molar refractivity (Wildman–Crippen MR) is 79.4 cm³/mol. The summed E-state index contributed by atoms with van der Waals surface area (Å²) in [5.74, 6) is -0.334. The number of hydrogen-bond acceptors (Lipinski definition) is 3. The van der Waals surface area contributed by atoms with Gasteiger partial charge in [0.15, 0.2) is 0 Å². The van der Waals surface area contributed by atoms with Gasteiger partial charge in [-0.15, -0.1) is 0 Å². The average molecular weight is 305 g/mol. The van der Waals surface area contributed by atoms with Crippen LogP contribution >= 0.6 is 12.6 Å². The molecule has 0 bridgehead atoms. The molecule has 0 spiro atoms. The van der Waals surface area contributed by atoms with E-state index in [1.54, 1.807) is 24.3 Å². The molecule has 5 heteroatoms. The van der Waals surface area contributed by atoms with Gasteiger partial charge in [0.05, 0.1) is 17.1 Å². The summed E-state index contributed by atoms with van der Waals surface area (Å²) in [7, 11) is 0. The molecule has 109 valence electrons. The minimum atomic E-state index is -0.585. The molecule has 0 aliphatic heterocycles. The quantitative estimate of drug-likeness (QED) is 0.607. The molecule has 0 saturated heterocycles. The number of rotatable bonds is 5. The molecule has 3 nitrogen and oxygen atoms in total. The highest BCUT2D eigenvalue weighted by molar-refractivity contribution is 7.80. The molecule has 21 heavy (non-hydrogen) atoms. The van der Waals surface area contributed by atoms with E-state index in [1.165, 1.54) is 12.1 Å². The van der Waals surface area contributed by atoms with Crippen molar-refractivity contribution in [3.05, 3.63) is 53.8 Å². The van der Waals surface area contributed by atoms with Gasteiger partial charge in [-0.2, -0.15) is 0 Å². The first kappa shape index (κ1) is 15.3. The lowest BCUT2D eigenvalue weighted by atomic mass is 10.2. The maximum absolute atomic E-state index is 13.3. The fourth-order valence-electron chi connectivity index (χ4n) is 1.62. The van der Waals surface area contributed by atoms with Gasteiger partial charge in [-0.05, 0) is 42.8 Å². The molecule has 0 heterocycles. The molecule has 0 unspecified atom stereocenters. The molecule has 0 aromatic heterocycles. The molecular formula is C16H14FO3S. The number of carbonyl (C=O) groups is 1. The van der Waals surface area contributed by atoms with E-state index in [1.807, 2.05) is 6.92 Å². The van der Waals surface area contributed by atoms with Crippen molar-refractivity contribution in [1.29, 1.82) is 0 Å². The zero-order valence-electron chi connectivity index (χ0n) is 11.5. The van der Waals surface area contributed by atoms with Crippen LogP contribution in [0.1, 0.15) is 23.7 Å². The van der Waals surface area contributed by atoms with Crippen molar-refractivity contribution >= 4 is 18.6 Å². The normalized spacial score (nSPS) is 10.2. The van der Waals surface area contributed by atoms with Gasteiger partial charge in [-0.1, -0.05) is 19.6 Å². The summed E-state index contributed by atoms with van der Waals surface area (Å²) in [6, 6.07) is 10.5. The van der Waals surface area contributed by atoms with Crippen molar-refractivity contribution in [3.8, 4) is 11.5 Å². The number of esters is 1. The van der Waals surface area contributed by atoms with Gasteiger partial charge in [0.25, 0.3) is 0 Å². The zero-order chi connectivity index (χ0) is 15.2. The minimum absolute atomic E-state index is 0.0900. The van der Waals surface area contributed by atoms with E-state index >= 15 is 0 Å². The number of benzene rings is 2. The van der Waals surface area contributed by atoms with Gasteiger partial charge < -0.3 is 9.47 Å². The molecule has 0 aliphatic carbocycles. The Bertz CT molecular complexity index is 626. The molecule has 0 atom stereocenters. The molecule has 1 radical (unpaired) electrons. The van der Waals surface area contributed by atoms with Crippen molar-refractivity contribution in [2.24, 2.45) is 0 Å². The summed E-state index contributed by atoms with van der Waals surface area (Å²) in [5, 5.41) is 0. The minimum Gasteiger partial charge on any atom is -0.494 e. The second-order valence-electron chi connectivity index (χ2n) is 4.35. The zero-order valence-corrected chi connectivity index (χ0v) is 12.3. The molecule has 0 aliphatic rings. The van der Waals surface area contributed by atoms with Crippen LogP contribution < -0.4 is 9.47 Å². The third-order valence-electron chi connectivity index (χ3n) is 2.68. The van der Waals surface area contributed by atoms with Crippen molar-refractivity contribution in [2.45, 2.75) is 18.2 Å². The maximum atomic E-state index is 13.3. The number of carbonyl (C=O) groups excluding carboxylic acids is 1. The van der Waals surface area contributed by atoms with Gasteiger partial charge >= 0.3 is 5.97 Å². The third kappa shape index (κ3) is 4.16. The lowest BCUT2D eigenvalue weighted by Gasteiger charge is -2.07. The molecule has 0 N–H and O–H groups in total. The number of halogens is 1. The van der Waals surface area contributed by atoms with E-state index in [0.29, 0.717) is 17.9 Å². The largest absolute Gasteiger partial charge is 0.494 e. The number of ether oxygens (including phenoxy) is 2. The van der Waals surface area contributed by atoms with Gasteiger partial charge in [-0.3, -0.25) is 0 Å². The molecule has 2 aromatic rings. The Morgan fingerprint density at radius 3 is 2.43 bits per heavy atom. The summed E-state index contributed by atoms with van der Waals surface area (Å²) in [6.45, 7) is 2.63. The van der Waals surface area contributed by atoms with Crippen LogP contribution in [0.5, 0.6) is 11.5 Å². The smallest absolute Gasteiger partial charge is 0.343 e. The highest BCUT2D eigenvalue weighted by Crippen LogP contribution is 2.20. The van der Waals surface area contributed by atoms with Gasteiger partial charge in [0.1, 0.15) is 17.3 Å².